The lowest BCUT2D eigenvalue weighted by atomic mass is 10.0. The summed E-state index contributed by atoms with van der Waals surface area (Å²) in [6.45, 7) is 3.68. The lowest BCUT2D eigenvalue weighted by Gasteiger charge is -2.07. The molecule has 0 N–H and O–H groups in total. The highest BCUT2D eigenvalue weighted by atomic mass is 16.1. The molecule has 1 aliphatic carbocycles. The topological polar surface area (TPSA) is 58.9 Å². The number of hydrogen-bond acceptors (Lipinski definition) is 4. The van der Waals surface area contributed by atoms with Crippen LogP contribution in [0.15, 0.2) is 45.7 Å². The van der Waals surface area contributed by atoms with Gasteiger partial charge in [0.15, 0.2) is 0 Å². The van der Waals surface area contributed by atoms with E-state index in [1.54, 1.807) is 12.2 Å². The average molecular weight is 174 g/mol. The molecular weight excluding hydrogens is 168 g/mol. The van der Waals surface area contributed by atoms with Crippen LogP contribution in [-0.4, -0.2) is 12.2 Å². The Morgan fingerprint density at radius 1 is 1.31 bits per heavy atom. The average Bonchev–Trinajstić information content (AvgIpc) is 2.11. The Labute approximate surface area is 74.7 Å². The van der Waals surface area contributed by atoms with Crippen molar-refractivity contribution in [3.05, 3.63) is 35.7 Å². The third kappa shape index (κ3) is 1.97. The molecule has 0 aromatic rings. The maximum Gasteiger partial charge on any atom is 0.240 e. The standard InChI is InChI=1S/C9H6N2O2/c1-7-3-2-4-8(10-5-12)9(7)11-6-13/h2,4H,1,3H2. The minimum absolute atomic E-state index is 0.301. The Kier molecular flexibility index (Phi) is 2.87. The van der Waals surface area contributed by atoms with Gasteiger partial charge in [-0.05, 0) is 18.1 Å². The normalized spacial score (nSPS) is 14.9. The molecular formula is C9H6N2O2. The molecule has 4 nitrogen and oxygen atoms in total. The lowest BCUT2D eigenvalue weighted by Crippen LogP contribution is -1.93. The number of hydrogen-bond donors (Lipinski definition) is 0. The van der Waals surface area contributed by atoms with Gasteiger partial charge in [-0.25, -0.2) is 9.59 Å². The van der Waals surface area contributed by atoms with Gasteiger partial charge in [0.25, 0.3) is 0 Å². The van der Waals surface area contributed by atoms with Crippen molar-refractivity contribution in [1.82, 2.24) is 0 Å². The van der Waals surface area contributed by atoms with Gasteiger partial charge < -0.3 is 0 Å². The first kappa shape index (κ1) is 9.07. The van der Waals surface area contributed by atoms with E-state index in [9.17, 15) is 9.59 Å². The molecule has 0 fully saturated rings. The molecule has 1 rings (SSSR count). The minimum atomic E-state index is 0.301. The van der Waals surface area contributed by atoms with Gasteiger partial charge in [0.2, 0.25) is 12.2 Å². The molecule has 0 aromatic carbocycles. The quantitative estimate of drug-likeness (QED) is 0.469. The van der Waals surface area contributed by atoms with E-state index < -0.39 is 0 Å². The summed E-state index contributed by atoms with van der Waals surface area (Å²) >= 11 is 0. The maximum atomic E-state index is 10.0. The molecule has 0 amide bonds. The van der Waals surface area contributed by atoms with Gasteiger partial charge in [-0.1, -0.05) is 12.7 Å². The first-order chi connectivity index (χ1) is 6.29. The van der Waals surface area contributed by atoms with E-state index in [0.717, 1.165) is 0 Å². The van der Waals surface area contributed by atoms with Crippen LogP contribution >= 0.6 is 0 Å². The van der Waals surface area contributed by atoms with E-state index >= 15 is 0 Å². The van der Waals surface area contributed by atoms with E-state index in [0.29, 0.717) is 23.4 Å². The van der Waals surface area contributed by atoms with Crippen molar-refractivity contribution in [2.24, 2.45) is 9.98 Å². The summed E-state index contributed by atoms with van der Waals surface area (Å²) in [4.78, 5) is 26.8. The zero-order valence-corrected chi connectivity index (χ0v) is 6.78. The molecule has 13 heavy (non-hydrogen) atoms. The van der Waals surface area contributed by atoms with Crippen LogP contribution in [0.5, 0.6) is 0 Å². The van der Waals surface area contributed by atoms with Crippen molar-refractivity contribution in [2.75, 3.05) is 0 Å². The van der Waals surface area contributed by atoms with Crippen molar-refractivity contribution < 1.29 is 9.59 Å². The number of allylic oxidation sites excluding steroid dienone is 3. The zero-order chi connectivity index (χ0) is 9.68. The smallest absolute Gasteiger partial charge is 0.211 e. The third-order valence-corrected chi connectivity index (χ3v) is 1.54. The molecule has 0 saturated carbocycles. The van der Waals surface area contributed by atoms with E-state index in [1.165, 1.54) is 12.2 Å². The number of isocyanates is 2. The predicted molar refractivity (Wildman–Crippen MR) is 46.2 cm³/mol. The summed E-state index contributed by atoms with van der Waals surface area (Å²) in [5, 5.41) is 0. The molecule has 0 spiro atoms. The third-order valence-electron chi connectivity index (χ3n) is 1.54. The van der Waals surface area contributed by atoms with Crippen LogP contribution in [-0.2, 0) is 9.59 Å². The maximum absolute atomic E-state index is 10.0. The highest BCUT2D eigenvalue weighted by Crippen LogP contribution is 2.24. The first-order valence-corrected chi connectivity index (χ1v) is 3.54. The highest BCUT2D eigenvalue weighted by Gasteiger charge is 2.10. The van der Waals surface area contributed by atoms with Crippen LogP contribution in [0.3, 0.4) is 0 Å². The number of aliphatic imine (C=N–C) groups is 2. The zero-order valence-electron chi connectivity index (χ0n) is 6.78. The second-order valence-electron chi connectivity index (χ2n) is 2.35. The van der Waals surface area contributed by atoms with Crippen LogP contribution in [0.25, 0.3) is 0 Å². The van der Waals surface area contributed by atoms with Gasteiger partial charge in [0.05, 0.1) is 0 Å². The molecule has 0 aliphatic heterocycles. The molecule has 4 heteroatoms. The molecule has 64 valence electrons. The SMILES string of the molecule is C=C1CC=CC(N=C=O)=C1N=C=O. The predicted octanol–water partition coefficient (Wildman–Crippen LogP) is 1.39. The summed E-state index contributed by atoms with van der Waals surface area (Å²) in [5.74, 6) is 0. The van der Waals surface area contributed by atoms with Gasteiger partial charge in [-0.15, -0.1) is 0 Å². The van der Waals surface area contributed by atoms with Crippen LogP contribution in [0.4, 0.5) is 0 Å². The van der Waals surface area contributed by atoms with Crippen LogP contribution in [0.1, 0.15) is 6.42 Å². The fourth-order valence-corrected chi connectivity index (χ4v) is 0.991. The molecule has 0 heterocycles. The van der Waals surface area contributed by atoms with Crippen molar-refractivity contribution in [3.8, 4) is 0 Å². The summed E-state index contributed by atoms with van der Waals surface area (Å²) in [7, 11) is 0. The Balaban J connectivity index is 3.26. The van der Waals surface area contributed by atoms with Crippen LogP contribution in [0, 0.1) is 0 Å². The fraction of sp³-hybridized carbons (Fsp3) is 0.111. The summed E-state index contributed by atoms with van der Waals surface area (Å²) in [6, 6.07) is 0. The van der Waals surface area contributed by atoms with Crippen LogP contribution in [0.2, 0.25) is 0 Å². The van der Waals surface area contributed by atoms with Gasteiger partial charge in [0.1, 0.15) is 11.4 Å². The van der Waals surface area contributed by atoms with Crippen molar-refractivity contribution in [3.63, 3.8) is 0 Å². The summed E-state index contributed by atoms with van der Waals surface area (Å²) < 4.78 is 0. The van der Waals surface area contributed by atoms with Crippen LogP contribution < -0.4 is 0 Å². The molecule has 0 atom stereocenters. The Morgan fingerprint density at radius 3 is 2.62 bits per heavy atom. The minimum Gasteiger partial charge on any atom is -0.211 e. The largest absolute Gasteiger partial charge is 0.240 e. The molecule has 0 unspecified atom stereocenters. The van der Waals surface area contributed by atoms with Gasteiger partial charge in [0, 0.05) is 0 Å². The highest BCUT2D eigenvalue weighted by molar-refractivity contribution is 5.52. The molecule has 0 aromatic heterocycles. The lowest BCUT2D eigenvalue weighted by molar-refractivity contribution is 0.563. The van der Waals surface area contributed by atoms with Gasteiger partial charge >= 0.3 is 0 Å². The monoisotopic (exact) mass is 174 g/mol. The molecule has 1 aliphatic rings. The van der Waals surface area contributed by atoms with Crippen molar-refractivity contribution >= 4 is 12.2 Å². The first-order valence-electron chi connectivity index (χ1n) is 3.54. The second-order valence-corrected chi connectivity index (χ2v) is 2.35. The van der Waals surface area contributed by atoms with Crippen molar-refractivity contribution in [1.29, 1.82) is 0 Å². The van der Waals surface area contributed by atoms with Gasteiger partial charge in [-0.2, -0.15) is 9.98 Å². The summed E-state index contributed by atoms with van der Waals surface area (Å²) in [5.41, 5.74) is 1.25. The summed E-state index contributed by atoms with van der Waals surface area (Å²) in [6.07, 6.45) is 6.74. The van der Waals surface area contributed by atoms with E-state index in [1.807, 2.05) is 0 Å². The number of nitrogens with zero attached hydrogens (tertiary/aromatic N) is 2. The number of rotatable bonds is 2. The molecule has 0 radical (unpaired) electrons. The number of carbonyl (C=O) groups excluding carboxylic acids is 2. The van der Waals surface area contributed by atoms with E-state index in [4.69, 9.17) is 0 Å². The molecule has 0 saturated heterocycles. The Hall–Kier alpha value is -2.02. The Morgan fingerprint density at radius 2 is 2.00 bits per heavy atom. The van der Waals surface area contributed by atoms with E-state index in [-0.39, 0.29) is 0 Å². The second kappa shape index (κ2) is 4.12. The molecule has 0 bridgehead atoms. The van der Waals surface area contributed by atoms with Crippen molar-refractivity contribution in [2.45, 2.75) is 6.42 Å². The Bertz CT molecular complexity index is 392. The fourth-order valence-electron chi connectivity index (χ4n) is 0.991. The van der Waals surface area contributed by atoms with Gasteiger partial charge in [-0.3, -0.25) is 0 Å². The van der Waals surface area contributed by atoms with E-state index in [2.05, 4.69) is 16.6 Å².